The molecule has 0 aromatic heterocycles. The molecule has 0 bridgehead atoms. The molecule has 2 heteroatoms. The van der Waals surface area contributed by atoms with E-state index in [4.69, 9.17) is 5.73 Å². The molecule has 0 aliphatic carbocycles. The molecule has 0 heterocycles. The summed E-state index contributed by atoms with van der Waals surface area (Å²) in [5.74, 6) is 0.245. The van der Waals surface area contributed by atoms with E-state index < -0.39 is 0 Å². The fraction of sp³-hybridized carbons (Fsp3) is 0.400. The van der Waals surface area contributed by atoms with Crippen LogP contribution in [0.5, 0.6) is 0 Å². The normalized spacial score (nSPS) is 12.9. The van der Waals surface area contributed by atoms with Crippen molar-refractivity contribution in [2.24, 2.45) is 5.73 Å². The Bertz CT molecular complexity index is 230. The van der Waals surface area contributed by atoms with Crippen LogP contribution in [0.25, 0.3) is 0 Å². The van der Waals surface area contributed by atoms with Gasteiger partial charge in [-0.25, -0.2) is 4.39 Å². The molecule has 66 valence electrons. The van der Waals surface area contributed by atoms with Crippen LogP contribution in [0.1, 0.15) is 24.8 Å². The van der Waals surface area contributed by atoms with Crippen LogP contribution in [0.4, 0.5) is 4.39 Å². The molecule has 0 radical (unpaired) electrons. The Kier molecular flexibility index (Phi) is 3.23. The van der Waals surface area contributed by atoms with Gasteiger partial charge < -0.3 is 5.73 Å². The monoisotopic (exact) mass is 167 g/mol. The van der Waals surface area contributed by atoms with Crippen molar-refractivity contribution in [3.63, 3.8) is 0 Å². The maximum atomic E-state index is 12.5. The van der Waals surface area contributed by atoms with Gasteiger partial charge in [0.05, 0.1) is 0 Å². The lowest BCUT2D eigenvalue weighted by molar-refractivity contribution is 0.623. The van der Waals surface area contributed by atoms with E-state index in [0.29, 0.717) is 12.5 Å². The third-order valence-electron chi connectivity index (χ3n) is 2.04. The Hall–Kier alpha value is -0.890. The van der Waals surface area contributed by atoms with Crippen LogP contribution in [0, 0.1) is 5.82 Å². The van der Waals surface area contributed by atoms with Crippen LogP contribution in [0.2, 0.25) is 0 Å². The van der Waals surface area contributed by atoms with Crippen LogP contribution in [0.15, 0.2) is 24.3 Å². The van der Waals surface area contributed by atoms with Gasteiger partial charge in [0, 0.05) is 0 Å². The van der Waals surface area contributed by atoms with Crippen molar-refractivity contribution < 1.29 is 4.39 Å². The molecule has 1 rings (SSSR count). The second-order valence-corrected chi connectivity index (χ2v) is 3.03. The third-order valence-corrected chi connectivity index (χ3v) is 2.04. The van der Waals surface area contributed by atoms with E-state index in [2.05, 4.69) is 6.92 Å². The molecule has 2 N–H and O–H groups in total. The van der Waals surface area contributed by atoms with Gasteiger partial charge in [-0.1, -0.05) is 19.1 Å². The molecule has 0 fully saturated rings. The van der Waals surface area contributed by atoms with Gasteiger partial charge in [-0.2, -0.15) is 0 Å². The van der Waals surface area contributed by atoms with E-state index in [9.17, 15) is 4.39 Å². The van der Waals surface area contributed by atoms with Crippen molar-refractivity contribution in [2.75, 3.05) is 6.54 Å². The highest BCUT2D eigenvalue weighted by atomic mass is 19.1. The first-order valence-corrected chi connectivity index (χ1v) is 4.19. The molecule has 0 saturated carbocycles. The Morgan fingerprint density at radius 2 is 1.92 bits per heavy atom. The molecule has 0 saturated heterocycles. The summed E-state index contributed by atoms with van der Waals surface area (Å²) < 4.78 is 12.5. The predicted molar refractivity (Wildman–Crippen MR) is 48.5 cm³/mol. The van der Waals surface area contributed by atoms with Crippen molar-refractivity contribution in [2.45, 2.75) is 19.3 Å². The summed E-state index contributed by atoms with van der Waals surface area (Å²) in [7, 11) is 0. The first kappa shape index (κ1) is 9.20. The van der Waals surface area contributed by atoms with E-state index in [1.54, 1.807) is 0 Å². The average molecular weight is 167 g/mol. The van der Waals surface area contributed by atoms with Crippen molar-refractivity contribution in [3.8, 4) is 0 Å². The maximum Gasteiger partial charge on any atom is 0.123 e. The Balaban J connectivity index is 2.68. The fourth-order valence-electron chi connectivity index (χ4n) is 1.21. The summed E-state index contributed by atoms with van der Waals surface area (Å²) in [5.41, 5.74) is 6.58. The minimum absolute atomic E-state index is 0.182. The van der Waals surface area contributed by atoms with E-state index in [1.165, 1.54) is 12.1 Å². The van der Waals surface area contributed by atoms with Crippen LogP contribution in [-0.4, -0.2) is 6.54 Å². The summed E-state index contributed by atoms with van der Waals surface area (Å²) in [5, 5.41) is 0. The fourth-order valence-corrected chi connectivity index (χ4v) is 1.21. The minimum atomic E-state index is -0.182. The highest BCUT2D eigenvalue weighted by Crippen LogP contribution is 2.17. The molecule has 0 spiro atoms. The van der Waals surface area contributed by atoms with Crippen LogP contribution in [-0.2, 0) is 0 Å². The summed E-state index contributed by atoms with van der Waals surface area (Å²) in [4.78, 5) is 0. The van der Waals surface area contributed by atoms with Crippen molar-refractivity contribution in [1.82, 2.24) is 0 Å². The molecule has 0 amide bonds. The van der Waals surface area contributed by atoms with E-state index in [1.807, 2.05) is 12.1 Å². The molecule has 1 aromatic rings. The Labute approximate surface area is 72.4 Å². The molecule has 0 aliphatic heterocycles. The van der Waals surface area contributed by atoms with Gasteiger partial charge in [0.2, 0.25) is 0 Å². The molecule has 1 aromatic carbocycles. The topological polar surface area (TPSA) is 26.0 Å². The maximum absolute atomic E-state index is 12.5. The first-order valence-electron chi connectivity index (χ1n) is 4.19. The van der Waals surface area contributed by atoms with Crippen molar-refractivity contribution >= 4 is 0 Å². The highest BCUT2D eigenvalue weighted by Gasteiger charge is 2.03. The summed E-state index contributed by atoms with van der Waals surface area (Å²) in [6.07, 6.45) is 0.950. The first-order chi connectivity index (χ1) is 5.74. The lowest BCUT2D eigenvalue weighted by Crippen LogP contribution is -2.04. The number of hydrogen-bond acceptors (Lipinski definition) is 1. The van der Waals surface area contributed by atoms with E-state index in [0.717, 1.165) is 12.0 Å². The number of hydrogen-bond donors (Lipinski definition) is 1. The molecule has 0 aliphatic rings. The number of benzene rings is 1. The van der Waals surface area contributed by atoms with Crippen LogP contribution < -0.4 is 5.73 Å². The minimum Gasteiger partial charge on any atom is -0.330 e. The summed E-state index contributed by atoms with van der Waals surface area (Å²) in [6, 6.07) is 6.61. The molecule has 1 nitrogen and oxygen atoms in total. The van der Waals surface area contributed by atoms with Gasteiger partial charge in [-0.05, 0) is 36.6 Å². The second kappa shape index (κ2) is 4.21. The van der Waals surface area contributed by atoms with Gasteiger partial charge in [-0.15, -0.1) is 0 Å². The quantitative estimate of drug-likeness (QED) is 0.734. The van der Waals surface area contributed by atoms with Gasteiger partial charge in [0.1, 0.15) is 5.82 Å². The third kappa shape index (κ3) is 2.31. The van der Waals surface area contributed by atoms with Gasteiger partial charge >= 0.3 is 0 Å². The largest absolute Gasteiger partial charge is 0.330 e. The zero-order valence-electron chi connectivity index (χ0n) is 7.26. The summed E-state index contributed by atoms with van der Waals surface area (Å²) >= 11 is 0. The molecule has 1 atom stereocenters. The second-order valence-electron chi connectivity index (χ2n) is 3.03. The summed E-state index contributed by atoms with van der Waals surface area (Å²) in [6.45, 7) is 2.78. The molecular formula is C10H14FN. The van der Waals surface area contributed by atoms with Crippen LogP contribution >= 0.6 is 0 Å². The Morgan fingerprint density at radius 1 is 1.33 bits per heavy atom. The zero-order chi connectivity index (χ0) is 8.97. The van der Waals surface area contributed by atoms with Crippen molar-refractivity contribution in [3.05, 3.63) is 35.6 Å². The average Bonchev–Trinajstić information content (AvgIpc) is 2.06. The number of rotatable bonds is 3. The molecule has 0 unspecified atom stereocenters. The highest BCUT2D eigenvalue weighted by molar-refractivity contribution is 5.19. The number of nitrogens with two attached hydrogens (primary N) is 1. The van der Waals surface area contributed by atoms with Gasteiger partial charge in [-0.3, -0.25) is 0 Å². The van der Waals surface area contributed by atoms with Crippen LogP contribution in [0.3, 0.4) is 0 Å². The molecule has 12 heavy (non-hydrogen) atoms. The van der Waals surface area contributed by atoms with Gasteiger partial charge in [0.25, 0.3) is 0 Å². The SMILES string of the molecule is C[C@H](CCN)c1ccc(F)cc1. The van der Waals surface area contributed by atoms with E-state index in [-0.39, 0.29) is 5.82 Å². The lowest BCUT2D eigenvalue weighted by atomic mass is 9.98. The van der Waals surface area contributed by atoms with Crippen molar-refractivity contribution in [1.29, 1.82) is 0 Å². The van der Waals surface area contributed by atoms with E-state index >= 15 is 0 Å². The Morgan fingerprint density at radius 3 is 2.42 bits per heavy atom. The lowest BCUT2D eigenvalue weighted by Gasteiger charge is -2.09. The van der Waals surface area contributed by atoms with Gasteiger partial charge in [0.15, 0.2) is 0 Å². The zero-order valence-corrected chi connectivity index (χ0v) is 7.26. The standard InChI is InChI=1S/C10H14FN/c1-8(6-7-12)9-2-4-10(11)5-3-9/h2-5,8H,6-7,12H2,1H3/t8-/m1/s1. The predicted octanol–water partition coefficient (Wildman–Crippen LogP) is 2.28. The number of halogens is 1. The molecular weight excluding hydrogens is 153 g/mol. The smallest absolute Gasteiger partial charge is 0.123 e.